The van der Waals surface area contributed by atoms with Gasteiger partial charge in [0.2, 0.25) is 0 Å². The molecule has 4 N–H and O–H groups in total. The molecule has 0 rings (SSSR count). The first-order valence-corrected chi connectivity index (χ1v) is 3.65. The van der Waals surface area contributed by atoms with Gasteiger partial charge in [-0.2, -0.15) is 0 Å². The van der Waals surface area contributed by atoms with Crippen molar-refractivity contribution in [2.24, 2.45) is 5.73 Å². The molecule has 1 unspecified atom stereocenters. The van der Waals surface area contributed by atoms with Gasteiger partial charge in [0, 0.05) is 6.54 Å². The van der Waals surface area contributed by atoms with E-state index in [1.165, 1.54) is 0 Å². The predicted octanol–water partition coefficient (Wildman–Crippen LogP) is -0.906. The van der Waals surface area contributed by atoms with Gasteiger partial charge in [0.15, 0.2) is 0 Å². The van der Waals surface area contributed by atoms with Crippen molar-refractivity contribution in [3.63, 3.8) is 0 Å². The first kappa shape index (κ1) is 10.8. The Labute approximate surface area is 67.0 Å². The van der Waals surface area contributed by atoms with Crippen LogP contribution in [-0.4, -0.2) is 41.7 Å². The van der Waals surface area contributed by atoms with E-state index >= 15 is 0 Å². The summed E-state index contributed by atoms with van der Waals surface area (Å²) in [5.41, 5.74) is 4.94. The summed E-state index contributed by atoms with van der Waals surface area (Å²) in [6.45, 7) is 3.90. The number of aliphatic hydroxyl groups is 2. The molecule has 0 bridgehead atoms. The Balaban J connectivity index is 3.52. The maximum Gasteiger partial charge on any atom is 0.100 e. The van der Waals surface area contributed by atoms with E-state index in [2.05, 4.69) is 0 Å². The molecule has 0 heterocycles. The van der Waals surface area contributed by atoms with Crippen LogP contribution in [0.5, 0.6) is 0 Å². The maximum absolute atomic E-state index is 8.90. The molecular formula is C7H17NO3. The molecule has 4 nitrogen and oxygen atoms in total. The van der Waals surface area contributed by atoms with Gasteiger partial charge >= 0.3 is 0 Å². The average molecular weight is 163 g/mol. The van der Waals surface area contributed by atoms with Crippen molar-refractivity contribution in [2.75, 3.05) is 19.8 Å². The highest BCUT2D eigenvalue weighted by molar-refractivity contribution is 4.69. The van der Waals surface area contributed by atoms with Crippen LogP contribution >= 0.6 is 0 Å². The smallest absolute Gasteiger partial charge is 0.100 e. The Kier molecular flexibility index (Phi) is 4.60. The molecule has 0 radical (unpaired) electrons. The molecule has 68 valence electrons. The van der Waals surface area contributed by atoms with Crippen LogP contribution in [0.4, 0.5) is 0 Å². The van der Waals surface area contributed by atoms with Crippen molar-refractivity contribution in [2.45, 2.75) is 25.6 Å². The van der Waals surface area contributed by atoms with Gasteiger partial charge in [-0.25, -0.2) is 0 Å². The molecule has 0 aliphatic heterocycles. The molecule has 0 aliphatic carbocycles. The van der Waals surface area contributed by atoms with Crippen LogP contribution in [0, 0.1) is 0 Å². The lowest BCUT2D eigenvalue weighted by molar-refractivity contribution is -0.0656. The zero-order chi connectivity index (χ0) is 8.91. The molecule has 4 heteroatoms. The van der Waals surface area contributed by atoms with Gasteiger partial charge in [-0.15, -0.1) is 0 Å². The van der Waals surface area contributed by atoms with Crippen molar-refractivity contribution in [3.8, 4) is 0 Å². The molecular weight excluding hydrogens is 146 g/mol. The van der Waals surface area contributed by atoms with Gasteiger partial charge in [0.1, 0.15) is 6.10 Å². The normalized spacial score (nSPS) is 15.0. The molecule has 0 saturated carbocycles. The van der Waals surface area contributed by atoms with E-state index in [0.717, 1.165) is 0 Å². The van der Waals surface area contributed by atoms with Gasteiger partial charge in [0.05, 0.1) is 18.8 Å². The summed E-state index contributed by atoms with van der Waals surface area (Å²) in [7, 11) is 0. The lowest BCUT2D eigenvalue weighted by atomic mass is 10.1. The van der Waals surface area contributed by atoms with Crippen LogP contribution in [0.25, 0.3) is 0 Å². The standard InChI is InChI=1S/C7H17NO3/c1-7(2,5-8)11-4-6(10)3-9/h6,9-10H,3-5,8H2,1-2H3. The Morgan fingerprint density at radius 2 is 2.09 bits per heavy atom. The Morgan fingerprint density at radius 3 is 2.45 bits per heavy atom. The van der Waals surface area contributed by atoms with E-state index in [1.807, 2.05) is 13.8 Å². The number of aliphatic hydroxyl groups excluding tert-OH is 2. The van der Waals surface area contributed by atoms with Gasteiger partial charge in [-0.05, 0) is 13.8 Å². The van der Waals surface area contributed by atoms with Crippen LogP contribution in [0.3, 0.4) is 0 Å². The quantitative estimate of drug-likeness (QED) is 0.490. The molecule has 0 amide bonds. The van der Waals surface area contributed by atoms with Crippen molar-refractivity contribution in [1.82, 2.24) is 0 Å². The highest BCUT2D eigenvalue weighted by Gasteiger charge is 2.17. The summed E-state index contributed by atoms with van der Waals surface area (Å²) in [5.74, 6) is 0. The SMILES string of the molecule is CC(C)(CN)OCC(O)CO. The van der Waals surface area contributed by atoms with E-state index in [-0.39, 0.29) is 13.2 Å². The molecule has 0 aliphatic rings. The first-order chi connectivity index (χ1) is 5.02. The van der Waals surface area contributed by atoms with Crippen molar-refractivity contribution >= 4 is 0 Å². The van der Waals surface area contributed by atoms with E-state index < -0.39 is 11.7 Å². The zero-order valence-electron chi connectivity index (χ0n) is 7.08. The number of rotatable bonds is 5. The fourth-order valence-corrected chi connectivity index (χ4v) is 0.433. The van der Waals surface area contributed by atoms with Gasteiger partial charge in [-0.1, -0.05) is 0 Å². The second-order valence-electron chi connectivity index (χ2n) is 3.11. The summed E-state index contributed by atoms with van der Waals surface area (Å²) >= 11 is 0. The second kappa shape index (κ2) is 4.66. The third-order valence-electron chi connectivity index (χ3n) is 1.37. The molecule has 0 spiro atoms. The fraction of sp³-hybridized carbons (Fsp3) is 1.00. The number of nitrogens with two attached hydrogens (primary N) is 1. The topological polar surface area (TPSA) is 75.7 Å². The van der Waals surface area contributed by atoms with E-state index in [0.29, 0.717) is 6.54 Å². The Morgan fingerprint density at radius 1 is 1.55 bits per heavy atom. The first-order valence-electron chi connectivity index (χ1n) is 3.65. The molecule has 11 heavy (non-hydrogen) atoms. The Hall–Kier alpha value is -0.160. The summed E-state index contributed by atoms with van der Waals surface area (Å²) in [5, 5.41) is 17.3. The number of hydrogen-bond acceptors (Lipinski definition) is 4. The minimum absolute atomic E-state index is 0.126. The number of hydrogen-bond donors (Lipinski definition) is 3. The summed E-state index contributed by atoms with van der Waals surface area (Å²) < 4.78 is 5.20. The monoisotopic (exact) mass is 163 g/mol. The lowest BCUT2D eigenvalue weighted by Crippen LogP contribution is -2.37. The van der Waals surface area contributed by atoms with Gasteiger partial charge in [0.25, 0.3) is 0 Å². The zero-order valence-corrected chi connectivity index (χ0v) is 7.08. The second-order valence-corrected chi connectivity index (χ2v) is 3.11. The average Bonchev–Trinajstić information content (AvgIpc) is 2.00. The third-order valence-corrected chi connectivity index (χ3v) is 1.37. The van der Waals surface area contributed by atoms with Crippen molar-refractivity contribution in [1.29, 1.82) is 0 Å². The van der Waals surface area contributed by atoms with Crippen molar-refractivity contribution < 1.29 is 14.9 Å². The van der Waals surface area contributed by atoms with Crippen LogP contribution in [0.2, 0.25) is 0 Å². The Bertz CT molecular complexity index is 106. The van der Waals surface area contributed by atoms with Crippen LogP contribution in [0.15, 0.2) is 0 Å². The van der Waals surface area contributed by atoms with Crippen LogP contribution in [0.1, 0.15) is 13.8 Å². The fourth-order valence-electron chi connectivity index (χ4n) is 0.433. The molecule has 1 atom stereocenters. The van der Waals surface area contributed by atoms with Gasteiger partial charge < -0.3 is 20.7 Å². The van der Waals surface area contributed by atoms with Crippen LogP contribution < -0.4 is 5.73 Å². The summed E-state index contributed by atoms with van der Waals surface area (Å²) in [6.07, 6.45) is -0.805. The molecule has 0 aromatic heterocycles. The van der Waals surface area contributed by atoms with E-state index in [1.54, 1.807) is 0 Å². The van der Waals surface area contributed by atoms with E-state index in [4.69, 9.17) is 20.7 Å². The minimum atomic E-state index is -0.805. The van der Waals surface area contributed by atoms with Gasteiger partial charge in [-0.3, -0.25) is 0 Å². The maximum atomic E-state index is 8.90. The lowest BCUT2D eigenvalue weighted by Gasteiger charge is -2.24. The molecule has 0 fully saturated rings. The van der Waals surface area contributed by atoms with E-state index in [9.17, 15) is 0 Å². The van der Waals surface area contributed by atoms with Crippen molar-refractivity contribution in [3.05, 3.63) is 0 Å². The molecule has 0 aromatic carbocycles. The minimum Gasteiger partial charge on any atom is -0.394 e. The summed E-state index contributed by atoms with van der Waals surface area (Å²) in [6, 6.07) is 0. The largest absolute Gasteiger partial charge is 0.394 e. The number of ether oxygens (including phenoxy) is 1. The predicted molar refractivity (Wildman–Crippen MR) is 42.2 cm³/mol. The van der Waals surface area contributed by atoms with Crippen LogP contribution in [-0.2, 0) is 4.74 Å². The summed E-state index contributed by atoms with van der Waals surface area (Å²) in [4.78, 5) is 0. The third kappa shape index (κ3) is 5.15. The molecule has 0 saturated heterocycles. The highest BCUT2D eigenvalue weighted by atomic mass is 16.5. The molecule has 0 aromatic rings. The highest BCUT2D eigenvalue weighted by Crippen LogP contribution is 2.06.